The molecule has 2 fully saturated rings. The number of ketones is 1. The normalized spacial score (nSPS) is 18.3. The Morgan fingerprint density at radius 2 is 1.59 bits per heavy atom. The van der Waals surface area contributed by atoms with E-state index in [9.17, 15) is 19.2 Å². The minimum atomic E-state index is -1.06. The Kier molecular flexibility index (Phi) is 12.2. The molecule has 0 saturated carbocycles. The number of likely N-dealkylation sites (N-methyl/N-ethyl adjacent to an activating group) is 1. The monoisotopic (exact) mass is 544 g/mol. The maximum absolute atomic E-state index is 13.3. The molecule has 0 radical (unpaired) electrons. The van der Waals surface area contributed by atoms with E-state index in [0.717, 1.165) is 44.7 Å². The molecule has 2 aliphatic heterocycles. The van der Waals surface area contributed by atoms with Crippen LogP contribution in [0.4, 0.5) is 4.79 Å². The number of hydrogen-bond acceptors (Lipinski definition) is 7. The van der Waals surface area contributed by atoms with Crippen LogP contribution in [0.5, 0.6) is 0 Å². The lowest BCUT2D eigenvalue weighted by atomic mass is 9.99. The molecule has 0 unspecified atom stereocenters. The van der Waals surface area contributed by atoms with Crippen molar-refractivity contribution in [2.45, 2.75) is 38.8 Å². The number of ether oxygens (including phenoxy) is 1. The topological polar surface area (TPSA) is 123 Å². The van der Waals surface area contributed by atoms with Crippen LogP contribution in [0.15, 0.2) is 30.3 Å². The number of carbonyl (C=O) groups is 4. The minimum Gasteiger partial charge on any atom is -0.378 e. The van der Waals surface area contributed by atoms with Gasteiger partial charge in [-0.05, 0) is 31.5 Å². The van der Waals surface area contributed by atoms with E-state index in [1.807, 2.05) is 44.2 Å². The molecule has 0 aliphatic carbocycles. The van der Waals surface area contributed by atoms with Gasteiger partial charge in [0.25, 0.3) is 5.91 Å². The van der Waals surface area contributed by atoms with Crippen LogP contribution in [0.3, 0.4) is 0 Å². The minimum absolute atomic E-state index is 0.169. The summed E-state index contributed by atoms with van der Waals surface area (Å²) < 4.78 is 5.30. The smallest absolute Gasteiger partial charge is 0.318 e. The largest absolute Gasteiger partial charge is 0.378 e. The van der Waals surface area contributed by atoms with Crippen LogP contribution in [0, 0.1) is 5.92 Å². The fraction of sp³-hybridized carbons (Fsp3) is 0.643. The third kappa shape index (κ3) is 9.90. The lowest BCUT2D eigenvalue weighted by Crippen LogP contribution is -2.58. The van der Waals surface area contributed by atoms with E-state index in [1.165, 1.54) is 0 Å². The molecule has 0 spiro atoms. The zero-order valence-electron chi connectivity index (χ0n) is 23.5. The predicted octanol–water partition coefficient (Wildman–Crippen LogP) is 0.103. The summed E-state index contributed by atoms with van der Waals surface area (Å²) in [6.07, 6.45) is 0.907. The van der Waals surface area contributed by atoms with Crippen molar-refractivity contribution in [1.29, 1.82) is 0 Å². The summed E-state index contributed by atoms with van der Waals surface area (Å²) in [6.45, 7) is 10.7. The third-order valence-corrected chi connectivity index (χ3v) is 7.20. The summed E-state index contributed by atoms with van der Waals surface area (Å²) in [5, 5.41) is 8.29. The number of Topliss-reactive ketones (excluding diaryl/α,β-unsaturated/α-hetero) is 1. The molecule has 39 heavy (non-hydrogen) atoms. The van der Waals surface area contributed by atoms with Gasteiger partial charge >= 0.3 is 6.03 Å². The Labute approximate surface area is 231 Å². The Morgan fingerprint density at radius 1 is 0.923 bits per heavy atom. The number of rotatable bonds is 12. The van der Waals surface area contributed by atoms with Crippen LogP contribution in [-0.2, 0) is 25.5 Å². The third-order valence-electron chi connectivity index (χ3n) is 7.20. The van der Waals surface area contributed by atoms with Crippen molar-refractivity contribution >= 4 is 23.6 Å². The highest BCUT2D eigenvalue weighted by atomic mass is 16.5. The molecule has 11 heteroatoms. The Balaban J connectivity index is 1.59. The fourth-order valence-electron chi connectivity index (χ4n) is 4.67. The highest BCUT2D eigenvalue weighted by Crippen LogP contribution is 2.09. The van der Waals surface area contributed by atoms with E-state index in [1.54, 1.807) is 4.90 Å². The van der Waals surface area contributed by atoms with Crippen molar-refractivity contribution in [2.24, 2.45) is 5.92 Å². The quantitative estimate of drug-likeness (QED) is 0.252. The predicted molar refractivity (Wildman–Crippen MR) is 148 cm³/mol. The van der Waals surface area contributed by atoms with Gasteiger partial charge in [-0.2, -0.15) is 0 Å². The van der Waals surface area contributed by atoms with E-state index in [-0.39, 0.29) is 18.4 Å². The average Bonchev–Trinajstić information content (AvgIpc) is 2.94. The highest BCUT2D eigenvalue weighted by Gasteiger charge is 2.32. The molecule has 2 heterocycles. The lowest BCUT2D eigenvalue weighted by Gasteiger charge is -2.32. The molecule has 3 N–H and O–H groups in total. The van der Waals surface area contributed by atoms with Gasteiger partial charge in [-0.1, -0.05) is 44.2 Å². The van der Waals surface area contributed by atoms with Gasteiger partial charge in [-0.25, -0.2) is 4.79 Å². The second-order valence-corrected chi connectivity index (χ2v) is 10.6. The van der Waals surface area contributed by atoms with Crippen molar-refractivity contribution in [3.05, 3.63) is 35.9 Å². The van der Waals surface area contributed by atoms with Crippen LogP contribution in [0.25, 0.3) is 0 Å². The van der Waals surface area contributed by atoms with Crippen LogP contribution in [0.1, 0.15) is 25.8 Å². The molecule has 0 bridgehead atoms. The van der Waals surface area contributed by atoms with Gasteiger partial charge in [0.1, 0.15) is 12.1 Å². The first-order valence-corrected chi connectivity index (χ1v) is 13.9. The van der Waals surface area contributed by atoms with Crippen molar-refractivity contribution in [1.82, 2.24) is 30.7 Å². The number of nitrogens with one attached hydrogen (secondary N) is 3. The summed E-state index contributed by atoms with van der Waals surface area (Å²) in [5.41, 5.74) is 0.817. The number of benzene rings is 1. The lowest BCUT2D eigenvalue weighted by molar-refractivity contribution is -0.140. The molecule has 4 amide bonds. The van der Waals surface area contributed by atoms with Crippen molar-refractivity contribution in [2.75, 3.05) is 72.6 Å². The molecule has 2 saturated heterocycles. The summed E-state index contributed by atoms with van der Waals surface area (Å²) in [6, 6.07) is 6.98. The summed E-state index contributed by atoms with van der Waals surface area (Å²) in [7, 11) is 2.11. The van der Waals surface area contributed by atoms with Gasteiger partial charge in [0.05, 0.1) is 13.2 Å². The van der Waals surface area contributed by atoms with Gasteiger partial charge in [0.2, 0.25) is 11.7 Å². The number of piperazine rings is 1. The number of carbonyl (C=O) groups excluding carboxylic acids is 4. The molecule has 2 atom stereocenters. The van der Waals surface area contributed by atoms with E-state index in [0.29, 0.717) is 32.8 Å². The van der Waals surface area contributed by atoms with E-state index >= 15 is 0 Å². The maximum atomic E-state index is 13.3. The summed E-state index contributed by atoms with van der Waals surface area (Å²) >= 11 is 0. The summed E-state index contributed by atoms with van der Waals surface area (Å²) in [5.74, 6) is -2.14. The molecule has 11 nitrogen and oxygen atoms in total. The van der Waals surface area contributed by atoms with E-state index in [4.69, 9.17) is 4.74 Å². The highest BCUT2D eigenvalue weighted by molar-refractivity contribution is 6.38. The molecule has 2 aliphatic rings. The second kappa shape index (κ2) is 15.5. The van der Waals surface area contributed by atoms with Gasteiger partial charge in [-0.3, -0.25) is 14.4 Å². The van der Waals surface area contributed by atoms with E-state index < -0.39 is 29.7 Å². The van der Waals surface area contributed by atoms with E-state index in [2.05, 4.69) is 32.8 Å². The average molecular weight is 545 g/mol. The van der Waals surface area contributed by atoms with Crippen LogP contribution < -0.4 is 16.0 Å². The van der Waals surface area contributed by atoms with Crippen molar-refractivity contribution in [3.8, 4) is 0 Å². The van der Waals surface area contributed by atoms with Gasteiger partial charge in [0, 0.05) is 52.2 Å². The second-order valence-electron chi connectivity index (χ2n) is 10.6. The molecular weight excluding hydrogens is 500 g/mol. The van der Waals surface area contributed by atoms with Gasteiger partial charge in [0.15, 0.2) is 0 Å². The van der Waals surface area contributed by atoms with Crippen LogP contribution in [-0.4, -0.2) is 123 Å². The Hall–Kier alpha value is -3.02. The number of hydrogen-bond donors (Lipinski definition) is 3. The molecular formula is C28H44N6O5. The first-order valence-electron chi connectivity index (χ1n) is 13.9. The molecule has 0 aromatic heterocycles. The Morgan fingerprint density at radius 3 is 2.23 bits per heavy atom. The SMILES string of the molecule is CC(C)[C@H](NC(=O)N1CCOCC1)C(=O)N[C@@H](Cc1ccccc1)C(=O)C(=O)NCCCN1CCN(C)CC1. The van der Waals surface area contributed by atoms with Crippen molar-refractivity contribution in [3.63, 3.8) is 0 Å². The van der Waals surface area contributed by atoms with Gasteiger partial charge in [-0.15, -0.1) is 0 Å². The Bertz CT molecular complexity index is 945. The molecule has 1 aromatic carbocycles. The fourth-order valence-corrected chi connectivity index (χ4v) is 4.67. The van der Waals surface area contributed by atoms with Crippen LogP contribution in [0.2, 0.25) is 0 Å². The standard InChI is InChI=1S/C28H44N6O5/c1-21(2)24(31-28(38)34-16-18-39-19-17-34)26(36)30-23(20-22-8-5-4-6-9-22)25(35)27(37)29-10-7-11-33-14-12-32(3)13-15-33/h4-6,8-9,21,23-24H,7,10-20H2,1-3H3,(H,29,37)(H,30,36)(H,31,38)/t23-,24-/m0/s1. The zero-order valence-corrected chi connectivity index (χ0v) is 23.5. The zero-order chi connectivity index (χ0) is 28.2. The first-order chi connectivity index (χ1) is 18.7. The maximum Gasteiger partial charge on any atom is 0.318 e. The molecule has 216 valence electrons. The van der Waals surface area contributed by atoms with Crippen molar-refractivity contribution < 1.29 is 23.9 Å². The molecule has 1 aromatic rings. The molecule has 3 rings (SSSR count). The number of amides is 4. The number of nitrogens with zero attached hydrogens (tertiary/aromatic N) is 3. The summed E-state index contributed by atoms with van der Waals surface area (Å²) in [4.78, 5) is 58.4. The number of urea groups is 1. The number of morpholine rings is 1. The van der Waals surface area contributed by atoms with Gasteiger partial charge < -0.3 is 35.4 Å². The van der Waals surface area contributed by atoms with Crippen LogP contribution >= 0.6 is 0 Å². The first kappa shape index (κ1) is 30.5.